The van der Waals surface area contributed by atoms with Crippen molar-refractivity contribution in [1.82, 2.24) is 15.2 Å². The van der Waals surface area contributed by atoms with Gasteiger partial charge in [-0.25, -0.2) is 4.79 Å². The molecule has 1 fully saturated rings. The molecule has 6 heteroatoms. The predicted molar refractivity (Wildman–Crippen MR) is 103 cm³/mol. The van der Waals surface area contributed by atoms with Gasteiger partial charge in [-0.3, -0.25) is 9.69 Å². The van der Waals surface area contributed by atoms with Crippen molar-refractivity contribution >= 4 is 34.6 Å². The van der Waals surface area contributed by atoms with E-state index in [1.807, 2.05) is 61.0 Å². The third-order valence-corrected chi connectivity index (χ3v) is 5.45. The van der Waals surface area contributed by atoms with Crippen molar-refractivity contribution in [2.45, 2.75) is 23.9 Å². The van der Waals surface area contributed by atoms with Crippen LogP contribution in [0.5, 0.6) is 0 Å². The first-order valence-electron chi connectivity index (χ1n) is 8.45. The Morgan fingerprint density at radius 1 is 1.08 bits per heavy atom. The van der Waals surface area contributed by atoms with Gasteiger partial charge in [0, 0.05) is 28.4 Å². The van der Waals surface area contributed by atoms with E-state index >= 15 is 0 Å². The van der Waals surface area contributed by atoms with Crippen molar-refractivity contribution in [2.75, 3.05) is 6.26 Å². The Balaban J connectivity index is 1.49. The fourth-order valence-electron chi connectivity index (χ4n) is 3.30. The van der Waals surface area contributed by atoms with E-state index in [-0.39, 0.29) is 11.9 Å². The van der Waals surface area contributed by atoms with Gasteiger partial charge in [0.2, 0.25) is 0 Å². The Labute approximate surface area is 155 Å². The molecule has 2 N–H and O–H groups in total. The molecule has 0 saturated carbocycles. The molecule has 132 valence electrons. The number of nitrogens with one attached hydrogen (secondary N) is 2. The summed E-state index contributed by atoms with van der Waals surface area (Å²) in [6, 6.07) is 15.0. The molecule has 0 aliphatic carbocycles. The van der Waals surface area contributed by atoms with E-state index in [2.05, 4.69) is 10.3 Å². The topological polar surface area (TPSA) is 65.2 Å². The molecule has 1 unspecified atom stereocenters. The Kier molecular flexibility index (Phi) is 4.42. The summed E-state index contributed by atoms with van der Waals surface area (Å²) in [5.74, 6) is -0.172. The van der Waals surface area contributed by atoms with Crippen LogP contribution >= 0.6 is 11.8 Å². The van der Waals surface area contributed by atoms with Gasteiger partial charge < -0.3 is 10.3 Å². The van der Waals surface area contributed by atoms with Crippen LogP contribution in [0.15, 0.2) is 59.6 Å². The Morgan fingerprint density at radius 2 is 1.85 bits per heavy atom. The van der Waals surface area contributed by atoms with Crippen LogP contribution in [0.2, 0.25) is 0 Å². The van der Waals surface area contributed by atoms with Crippen molar-refractivity contribution in [3.63, 3.8) is 0 Å². The number of thioether (sulfide) groups is 1. The molecule has 3 aromatic rings. The third-order valence-electron chi connectivity index (χ3n) is 4.71. The average Bonchev–Trinajstić information content (AvgIpc) is 3.19. The van der Waals surface area contributed by atoms with E-state index < -0.39 is 6.04 Å². The van der Waals surface area contributed by atoms with E-state index in [1.165, 1.54) is 4.90 Å². The maximum Gasteiger partial charge on any atom is 0.325 e. The zero-order valence-electron chi connectivity index (χ0n) is 14.4. The predicted octanol–water partition coefficient (Wildman–Crippen LogP) is 3.55. The van der Waals surface area contributed by atoms with Crippen LogP contribution in [0.1, 0.15) is 11.1 Å². The highest BCUT2D eigenvalue weighted by Crippen LogP contribution is 2.22. The van der Waals surface area contributed by atoms with Gasteiger partial charge in [-0.2, -0.15) is 0 Å². The molecule has 2 heterocycles. The Bertz CT molecular complexity index is 965. The minimum absolute atomic E-state index is 0.172. The summed E-state index contributed by atoms with van der Waals surface area (Å²) in [6.07, 6.45) is 4.41. The second-order valence-corrected chi connectivity index (χ2v) is 7.22. The van der Waals surface area contributed by atoms with Gasteiger partial charge in [0.1, 0.15) is 6.04 Å². The number of para-hydroxylation sites is 1. The van der Waals surface area contributed by atoms with Crippen molar-refractivity contribution in [3.05, 3.63) is 65.9 Å². The van der Waals surface area contributed by atoms with Crippen LogP contribution in [-0.2, 0) is 17.8 Å². The molecule has 26 heavy (non-hydrogen) atoms. The summed E-state index contributed by atoms with van der Waals surface area (Å²) < 4.78 is 0. The lowest BCUT2D eigenvalue weighted by atomic mass is 10.0. The average molecular weight is 365 g/mol. The van der Waals surface area contributed by atoms with Crippen LogP contribution in [-0.4, -0.2) is 34.1 Å². The van der Waals surface area contributed by atoms with Crippen LogP contribution in [0.25, 0.3) is 10.9 Å². The molecule has 4 rings (SSSR count). The number of aromatic nitrogens is 1. The van der Waals surface area contributed by atoms with Gasteiger partial charge in [-0.1, -0.05) is 30.3 Å². The van der Waals surface area contributed by atoms with Crippen LogP contribution in [0, 0.1) is 0 Å². The van der Waals surface area contributed by atoms with E-state index in [0.717, 1.165) is 26.9 Å². The SMILES string of the molecule is CSc1ccc(CN2C(=O)NC(Cc3c[nH]c4ccccc34)C2=O)cc1. The Morgan fingerprint density at radius 3 is 2.62 bits per heavy atom. The number of nitrogens with zero attached hydrogens (tertiary/aromatic N) is 1. The summed E-state index contributed by atoms with van der Waals surface area (Å²) in [5, 5.41) is 3.90. The van der Waals surface area contributed by atoms with Crippen molar-refractivity contribution in [3.8, 4) is 0 Å². The summed E-state index contributed by atoms with van der Waals surface area (Å²) in [6.45, 7) is 0.295. The van der Waals surface area contributed by atoms with E-state index in [9.17, 15) is 9.59 Å². The third kappa shape index (κ3) is 3.08. The minimum atomic E-state index is -0.521. The zero-order valence-corrected chi connectivity index (χ0v) is 15.2. The van der Waals surface area contributed by atoms with Gasteiger partial charge in [0.25, 0.3) is 5.91 Å². The van der Waals surface area contributed by atoms with E-state index in [0.29, 0.717) is 13.0 Å². The van der Waals surface area contributed by atoms with Gasteiger partial charge in [0.15, 0.2) is 0 Å². The van der Waals surface area contributed by atoms with Gasteiger partial charge >= 0.3 is 6.03 Å². The summed E-state index contributed by atoms with van der Waals surface area (Å²) in [7, 11) is 0. The summed E-state index contributed by atoms with van der Waals surface area (Å²) in [5.41, 5.74) is 3.01. The van der Waals surface area contributed by atoms with Gasteiger partial charge in [-0.05, 0) is 35.6 Å². The number of H-pyrrole nitrogens is 1. The zero-order chi connectivity index (χ0) is 18.1. The number of carbonyl (C=O) groups excluding carboxylic acids is 2. The number of urea groups is 1. The number of hydrogen-bond donors (Lipinski definition) is 2. The van der Waals surface area contributed by atoms with Crippen LogP contribution in [0.3, 0.4) is 0 Å². The van der Waals surface area contributed by atoms with E-state index in [1.54, 1.807) is 11.8 Å². The Hall–Kier alpha value is -2.73. The molecule has 0 bridgehead atoms. The largest absolute Gasteiger partial charge is 0.361 e. The summed E-state index contributed by atoms with van der Waals surface area (Å²) >= 11 is 1.66. The maximum atomic E-state index is 12.7. The lowest BCUT2D eigenvalue weighted by Crippen LogP contribution is -2.32. The van der Waals surface area contributed by atoms with Crippen molar-refractivity contribution in [1.29, 1.82) is 0 Å². The highest BCUT2D eigenvalue weighted by Gasteiger charge is 2.38. The lowest BCUT2D eigenvalue weighted by Gasteiger charge is -2.13. The van der Waals surface area contributed by atoms with Crippen LogP contribution in [0.4, 0.5) is 4.79 Å². The number of hydrogen-bond acceptors (Lipinski definition) is 3. The number of amides is 3. The lowest BCUT2D eigenvalue weighted by molar-refractivity contribution is -0.127. The number of imide groups is 1. The first-order chi connectivity index (χ1) is 12.7. The minimum Gasteiger partial charge on any atom is -0.361 e. The molecule has 1 aliphatic rings. The molecular weight excluding hydrogens is 346 g/mol. The molecule has 1 saturated heterocycles. The normalized spacial score (nSPS) is 17.1. The first kappa shape index (κ1) is 16.7. The highest BCUT2D eigenvalue weighted by atomic mass is 32.2. The van der Waals surface area contributed by atoms with Gasteiger partial charge in [0.05, 0.1) is 6.54 Å². The maximum absolute atomic E-state index is 12.7. The second-order valence-electron chi connectivity index (χ2n) is 6.34. The monoisotopic (exact) mass is 365 g/mol. The van der Waals surface area contributed by atoms with Crippen molar-refractivity contribution < 1.29 is 9.59 Å². The second kappa shape index (κ2) is 6.88. The summed E-state index contributed by atoms with van der Waals surface area (Å²) in [4.78, 5) is 30.7. The molecule has 1 atom stereocenters. The molecule has 5 nitrogen and oxygen atoms in total. The molecular formula is C20H19N3O2S. The number of benzene rings is 2. The van der Waals surface area contributed by atoms with Gasteiger partial charge in [-0.15, -0.1) is 11.8 Å². The molecule has 1 aliphatic heterocycles. The highest BCUT2D eigenvalue weighted by molar-refractivity contribution is 7.98. The molecule has 0 radical (unpaired) electrons. The number of rotatable bonds is 5. The molecule has 1 aromatic heterocycles. The smallest absolute Gasteiger partial charge is 0.325 e. The van der Waals surface area contributed by atoms with Crippen molar-refractivity contribution in [2.24, 2.45) is 0 Å². The van der Waals surface area contributed by atoms with Crippen LogP contribution < -0.4 is 5.32 Å². The first-order valence-corrected chi connectivity index (χ1v) is 9.68. The molecule has 0 spiro atoms. The number of aromatic amines is 1. The number of carbonyl (C=O) groups is 2. The quantitative estimate of drug-likeness (QED) is 0.537. The van der Waals surface area contributed by atoms with E-state index in [4.69, 9.17) is 0 Å². The fourth-order valence-corrected chi connectivity index (χ4v) is 3.71. The standard InChI is InChI=1S/C20H19N3O2S/c1-26-15-8-6-13(7-9-15)12-23-19(24)18(22-20(23)25)10-14-11-21-17-5-3-2-4-16(14)17/h2-9,11,18,21H,10,12H2,1H3,(H,22,25). The molecule has 3 amide bonds. The fraction of sp³-hybridized carbons (Fsp3) is 0.200. The molecule has 2 aromatic carbocycles. The number of fused-ring (bicyclic) bond motifs is 1.